The van der Waals surface area contributed by atoms with E-state index in [-0.39, 0.29) is 5.91 Å². The summed E-state index contributed by atoms with van der Waals surface area (Å²) < 4.78 is 5.32. The lowest BCUT2D eigenvalue weighted by atomic mass is 10.2. The molecule has 0 saturated carbocycles. The van der Waals surface area contributed by atoms with E-state index in [9.17, 15) is 4.79 Å². The predicted octanol–water partition coefficient (Wildman–Crippen LogP) is 2.00. The van der Waals surface area contributed by atoms with Crippen LogP contribution in [0.15, 0.2) is 24.3 Å². The molecule has 0 radical (unpaired) electrons. The van der Waals surface area contributed by atoms with Gasteiger partial charge in [-0.1, -0.05) is 6.07 Å². The van der Waals surface area contributed by atoms with Gasteiger partial charge >= 0.3 is 0 Å². The minimum Gasteiger partial charge on any atom is -0.380 e. The summed E-state index contributed by atoms with van der Waals surface area (Å²) in [6, 6.07) is 9.02. The molecule has 5 nitrogen and oxygen atoms in total. The Hall–Kier alpha value is -1.90. The van der Waals surface area contributed by atoms with E-state index in [1.165, 1.54) is 0 Å². The van der Waals surface area contributed by atoms with Gasteiger partial charge in [-0.2, -0.15) is 5.26 Å². The van der Waals surface area contributed by atoms with Crippen molar-refractivity contribution in [1.82, 2.24) is 4.90 Å². The molecular weight excluding hydrogens is 266 g/mol. The molecule has 2 rings (SSSR count). The molecule has 1 aliphatic rings. The van der Waals surface area contributed by atoms with Gasteiger partial charge < -0.3 is 15.0 Å². The van der Waals surface area contributed by atoms with Crippen LogP contribution >= 0.6 is 0 Å². The number of anilines is 1. The third-order valence-corrected chi connectivity index (χ3v) is 3.72. The fraction of sp³-hybridized carbons (Fsp3) is 0.500. The first kappa shape index (κ1) is 15.5. The molecule has 1 aromatic rings. The van der Waals surface area contributed by atoms with E-state index in [0.717, 1.165) is 32.5 Å². The Kier molecular flexibility index (Phi) is 5.73. The molecular formula is C16H21N3O2. The number of hydrogen-bond acceptors (Lipinski definition) is 4. The second-order valence-electron chi connectivity index (χ2n) is 5.29. The minimum absolute atomic E-state index is 0.00687. The molecule has 1 fully saturated rings. The highest BCUT2D eigenvalue weighted by Crippen LogP contribution is 2.13. The molecule has 1 aromatic carbocycles. The zero-order chi connectivity index (χ0) is 15.1. The highest BCUT2D eigenvalue weighted by Gasteiger charge is 2.21. The van der Waals surface area contributed by atoms with Gasteiger partial charge in [-0.3, -0.25) is 4.79 Å². The second-order valence-corrected chi connectivity index (χ2v) is 5.29. The van der Waals surface area contributed by atoms with Crippen molar-refractivity contribution >= 4 is 11.6 Å². The number of nitriles is 1. The maximum absolute atomic E-state index is 11.9. The van der Waals surface area contributed by atoms with Crippen molar-refractivity contribution in [2.75, 3.05) is 32.1 Å². The molecule has 1 aliphatic heterocycles. The van der Waals surface area contributed by atoms with Crippen molar-refractivity contribution in [3.8, 4) is 6.07 Å². The SMILES string of the molecule is COC1CCN(CCCC(=O)Nc2cccc(C#N)c2)C1. The molecule has 1 amide bonds. The first-order chi connectivity index (χ1) is 10.2. The van der Waals surface area contributed by atoms with Crippen LogP contribution in [0.1, 0.15) is 24.8 Å². The van der Waals surface area contributed by atoms with Crippen molar-refractivity contribution in [2.24, 2.45) is 0 Å². The molecule has 21 heavy (non-hydrogen) atoms. The lowest BCUT2D eigenvalue weighted by Gasteiger charge is -2.15. The largest absolute Gasteiger partial charge is 0.380 e. The molecule has 0 bridgehead atoms. The fourth-order valence-corrected chi connectivity index (χ4v) is 2.55. The van der Waals surface area contributed by atoms with E-state index in [0.29, 0.717) is 23.8 Å². The molecule has 0 aliphatic carbocycles. The zero-order valence-electron chi connectivity index (χ0n) is 12.3. The zero-order valence-corrected chi connectivity index (χ0v) is 12.3. The van der Waals surface area contributed by atoms with Crippen LogP contribution in [0.2, 0.25) is 0 Å². The lowest BCUT2D eigenvalue weighted by Crippen LogP contribution is -2.25. The third-order valence-electron chi connectivity index (χ3n) is 3.72. The summed E-state index contributed by atoms with van der Waals surface area (Å²) in [6.45, 7) is 2.93. The average Bonchev–Trinajstić information content (AvgIpc) is 2.95. The maximum atomic E-state index is 11.9. The molecule has 5 heteroatoms. The third kappa shape index (κ3) is 4.85. The van der Waals surface area contributed by atoms with Crippen LogP contribution in [0.3, 0.4) is 0 Å². The number of nitrogens with one attached hydrogen (secondary N) is 1. The highest BCUT2D eigenvalue weighted by molar-refractivity contribution is 5.90. The van der Waals surface area contributed by atoms with Crippen LogP contribution in [0.25, 0.3) is 0 Å². The summed E-state index contributed by atoms with van der Waals surface area (Å²) in [4.78, 5) is 14.2. The smallest absolute Gasteiger partial charge is 0.224 e. The van der Waals surface area contributed by atoms with E-state index in [1.807, 2.05) is 0 Å². The van der Waals surface area contributed by atoms with Crippen molar-refractivity contribution < 1.29 is 9.53 Å². The number of carbonyl (C=O) groups is 1. The summed E-state index contributed by atoms with van der Waals surface area (Å²) in [5, 5.41) is 11.7. The fourth-order valence-electron chi connectivity index (χ4n) is 2.55. The van der Waals surface area contributed by atoms with Gasteiger partial charge in [0.2, 0.25) is 5.91 Å². The van der Waals surface area contributed by atoms with Gasteiger partial charge in [0.1, 0.15) is 0 Å². The molecule has 0 spiro atoms. The number of benzene rings is 1. The number of hydrogen-bond donors (Lipinski definition) is 1. The lowest BCUT2D eigenvalue weighted by molar-refractivity contribution is -0.116. The summed E-state index contributed by atoms with van der Waals surface area (Å²) >= 11 is 0. The van der Waals surface area contributed by atoms with Crippen LogP contribution in [-0.2, 0) is 9.53 Å². The number of carbonyl (C=O) groups excluding carboxylic acids is 1. The van der Waals surface area contributed by atoms with Gasteiger partial charge in [0.25, 0.3) is 0 Å². The summed E-state index contributed by atoms with van der Waals surface area (Å²) in [5.74, 6) is -0.00687. The van der Waals surface area contributed by atoms with E-state index in [2.05, 4.69) is 16.3 Å². The van der Waals surface area contributed by atoms with E-state index < -0.39 is 0 Å². The summed E-state index contributed by atoms with van der Waals surface area (Å²) in [5.41, 5.74) is 1.23. The monoisotopic (exact) mass is 287 g/mol. The number of ether oxygens (including phenoxy) is 1. The van der Waals surface area contributed by atoms with Gasteiger partial charge in [-0.25, -0.2) is 0 Å². The minimum atomic E-state index is -0.00687. The highest BCUT2D eigenvalue weighted by atomic mass is 16.5. The maximum Gasteiger partial charge on any atom is 0.224 e. The molecule has 112 valence electrons. The Morgan fingerprint density at radius 2 is 2.43 bits per heavy atom. The molecule has 1 atom stereocenters. The van der Waals surface area contributed by atoms with Crippen LogP contribution in [0, 0.1) is 11.3 Å². The standard InChI is InChI=1S/C16H21N3O2/c1-21-15-7-9-19(12-15)8-3-6-16(20)18-14-5-2-4-13(10-14)11-17/h2,4-5,10,15H,3,6-9,12H2,1H3,(H,18,20). The Bertz CT molecular complexity index is 524. The quantitative estimate of drug-likeness (QED) is 0.869. The summed E-state index contributed by atoms with van der Waals surface area (Å²) in [6.07, 6.45) is 2.74. The van der Waals surface area contributed by atoms with Crippen molar-refractivity contribution in [3.63, 3.8) is 0 Å². The Labute approximate surface area is 125 Å². The second kappa shape index (κ2) is 7.77. The number of nitrogens with zero attached hydrogens (tertiary/aromatic N) is 2. The van der Waals surface area contributed by atoms with Gasteiger partial charge in [-0.15, -0.1) is 0 Å². The van der Waals surface area contributed by atoms with Crippen LogP contribution in [0.4, 0.5) is 5.69 Å². The Balaban J connectivity index is 1.69. The van der Waals surface area contributed by atoms with Gasteiger partial charge in [0, 0.05) is 32.3 Å². The molecule has 1 unspecified atom stereocenters. The van der Waals surface area contributed by atoms with E-state index in [1.54, 1.807) is 31.4 Å². The van der Waals surface area contributed by atoms with Crippen LogP contribution in [0.5, 0.6) is 0 Å². The van der Waals surface area contributed by atoms with Gasteiger partial charge in [0.05, 0.1) is 17.7 Å². The normalized spacial score (nSPS) is 18.4. The Morgan fingerprint density at radius 1 is 1.57 bits per heavy atom. The first-order valence-electron chi connectivity index (χ1n) is 7.26. The number of methoxy groups -OCH3 is 1. The van der Waals surface area contributed by atoms with Crippen LogP contribution < -0.4 is 5.32 Å². The molecule has 1 saturated heterocycles. The van der Waals surface area contributed by atoms with E-state index >= 15 is 0 Å². The predicted molar refractivity (Wildman–Crippen MR) is 80.9 cm³/mol. The number of rotatable bonds is 6. The van der Waals surface area contributed by atoms with Gasteiger partial charge in [-0.05, 0) is 37.6 Å². The topological polar surface area (TPSA) is 65.4 Å². The Morgan fingerprint density at radius 3 is 3.14 bits per heavy atom. The molecule has 1 heterocycles. The van der Waals surface area contributed by atoms with Crippen LogP contribution in [-0.4, -0.2) is 43.7 Å². The van der Waals surface area contributed by atoms with Crippen molar-refractivity contribution in [3.05, 3.63) is 29.8 Å². The number of amides is 1. The molecule has 1 N–H and O–H groups in total. The van der Waals surface area contributed by atoms with Crippen molar-refractivity contribution in [1.29, 1.82) is 5.26 Å². The van der Waals surface area contributed by atoms with E-state index in [4.69, 9.17) is 10.00 Å². The van der Waals surface area contributed by atoms with Gasteiger partial charge in [0.15, 0.2) is 0 Å². The first-order valence-corrected chi connectivity index (χ1v) is 7.26. The molecule has 0 aromatic heterocycles. The summed E-state index contributed by atoms with van der Waals surface area (Å²) in [7, 11) is 1.75. The average molecular weight is 287 g/mol. The van der Waals surface area contributed by atoms with Crippen molar-refractivity contribution in [2.45, 2.75) is 25.4 Å². The number of likely N-dealkylation sites (tertiary alicyclic amines) is 1.